The molecule has 0 saturated heterocycles. The highest BCUT2D eigenvalue weighted by atomic mass is 127. The fourth-order valence-electron chi connectivity index (χ4n) is 0.876. The van der Waals surface area contributed by atoms with Gasteiger partial charge in [-0.25, -0.2) is 0 Å². The molecule has 14 heavy (non-hydrogen) atoms. The summed E-state index contributed by atoms with van der Waals surface area (Å²) in [6, 6.07) is 0. The van der Waals surface area contributed by atoms with Crippen molar-refractivity contribution < 1.29 is 0 Å². The number of guanidine groups is 1. The van der Waals surface area contributed by atoms with E-state index in [0.717, 1.165) is 24.8 Å². The summed E-state index contributed by atoms with van der Waals surface area (Å²) in [5.74, 6) is 2.04. The van der Waals surface area contributed by atoms with Crippen LogP contribution in [0.5, 0.6) is 0 Å². The predicted octanol–water partition coefficient (Wildman–Crippen LogP) is 1.93. The number of nitrogens with one attached hydrogen (secondary N) is 2. The van der Waals surface area contributed by atoms with E-state index in [1.807, 2.05) is 11.8 Å². The number of halogens is 1. The molecule has 0 aliphatic rings. The number of hydrogen-bond donors (Lipinski definition) is 2. The maximum Gasteiger partial charge on any atom is 0.191 e. The third kappa shape index (κ3) is 10.4. The smallest absolute Gasteiger partial charge is 0.191 e. The second-order valence-electron chi connectivity index (χ2n) is 2.77. The Labute approximate surface area is 109 Å². The summed E-state index contributed by atoms with van der Waals surface area (Å²) >= 11 is 1.84. The lowest BCUT2D eigenvalue weighted by Gasteiger charge is -2.10. The number of nitrogens with zero attached hydrogens (tertiary/aromatic N) is 1. The van der Waals surface area contributed by atoms with Crippen LogP contribution in [-0.2, 0) is 0 Å². The SMILES string of the molecule is CCCCNC(=NC)NCCSC.I. The van der Waals surface area contributed by atoms with E-state index in [0.29, 0.717) is 0 Å². The average molecular weight is 331 g/mol. The van der Waals surface area contributed by atoms with Gasteiger partial charge in [0.1, 0.15) is 0 Å². The molecule has 86 valence electrons. The highest BCUT2D eigenvalue weighted by Gasteiger charge is 1.93. The van der Waals surface area contributed by atoms with Crippen molar-refractivity contribution in [1.82, 2.24) is 10.6 Å². The van der Waals surface area contributed by atoms with E-state index in [2.05, 4.69) is 28.8 Å². The first-order chi connectivity index (χ1) is 6.35. The molecule has 0 aliphatic carbocycles. The minimum atomic E-state index is 0. The first-order valence-corrected chi connectivity index (χ1v) is 6.18. The molecule has 0 rings (SSSR count). The molecular weight excluding hydrogens is 309 g/mol. The normalized spacial score (nSPS) is 10.6. The van der Waals surface area contributed by atoms with Gasteiger partial charge in [-0.2, -0.15) is 11.8 Å². The average Bonchev–Trinajstić information content (AvgIpc) is 2.16. The molecule has 0 fully saturated rings. The van der Waals surface area contributed by atoms with E-state index < -0.39 is 0 Å². The summed E-state index contributed by atoms with van der Waals surface area (Å²) in [5.41, 5.74) is 0. The quantitative estimate of drug-likeness (QED) is 0.338. The lowest BCUT2D eigenvalue weighted by molar-refractivity contribution is 0.734. The van der Waals surface area contributed by atoms with Crippen LogP contribution < -0.4 is 10.6 Å². The van der Waals surface area contributed by atoms with Gasteiger partial charge < -0.3 is 10.6 Å². The molecule has 3 nitrogen and oxygen atoms in total. The minimum Gasteiger partial charge on any atom is -0.356 e. The molecule has 2 N–H and O–H groups in total. The molecule has 0 bridgehead atoms. The number of rotatable bonds is 6. The molecule has 0 radical (unpaired) electrons. The summed E-state index contributed by atoms with van der Waals surface area (Å²) < 4.78 is 0. The van der Waals surface area contributed by atoms with Gasteiger partial charge >= 0.3 is 0 Å². The lowest BCUT2D eigenvalue weighted by atomic mass is 10.3. The van der Waals surface area contributed by atoms with Crippen LogP contribution in [0.2, 0.25) is 0 Å². The Bertz CT molecular complexity index is 130. The summed E-state index contributed by atoms with van der Waals surface area (Å²) in [5, 5.41) is 6.51. The Hall–Kier alpha value is 0.350. The van der Waals surface area contributed by atoms with Crippen molar-refractivity contribution >= 4 is 41.7 Å². The van der Waals surface area contributed by atoms with Crippen LogP contribution in [0.4, 0.5) is 0 Å². The van der Waals surface area contributed by atoms with Crippen LogP contribution in [-0.4, -0.2) is 38.1 Å². The van der Waals surface area contributed by atoms with Crippen LogP contribution in [0.25, 0.3) is 0 Å². The molecule has 0 unspecified atom stereocenters. The monoisotopic (exact) mass is 331 g/mol. The van der Waals surface area contributed by atoms with E-state index in [1.54, 1.807) is 7.05 Å². The van der Waals surface area contributed by atoms with Gasteiger partial charge in [-0.05, 0) is 12.7 Å². The zero-order valence-corrected chi connectivity index (χ0v) is 12.4. The zero-order chi connectivity index (χ0) is 9.94. The topological polar surface area (TPSA) is 36.4 Å². The second kappa shape index (κ2) is 13.4. The van der Waals surface area contributed by atoms with Gasteiger partial charge in [-0.1, -0.05) is 13.3 Å². The molecule has 0 saturated carbocycles. The van der Waals surface area contributed by atoms with Crippen molar-refractivity contribution in [1.29, 1.82) is 0 Å². The highest BCUT2D eigenvalue weighted by Crippen LogP contribution is 1.87. The van der Waals surface area contributed by atoms with Gasteiger partial charge in [-0.15, -0.1) is 24.0 Å². The van der Waals surface area contributed by atoms with Gasteiger partial charge in [0.2, 0.25) is 0 Å². The molecule has 0 aromatic heterocycles. The molecule has 0 spiro atoms. The van der Waals surface area contributed by atoms with Gasteiger partial charge in [0.25, 0.3) is 0 Å². The lowest BCUT2D eigenvalue weighted by Crippen LogP contribution is -2.38. The largest absolute Gasteiger partial charge is 0.356 e. The predicted molar refractivity (Wildman–Crippen MR) is 78.1 cm³/mol. The highest BCUT2D eigenvalue weighted by molar-refractivity contribution is 14.0. The Morgan fingerprint density at radius 2 is 1.93 bits per heavy atom. The third-order valence-corrected chi connectivity index (χ3v) is 2.26. The summed E-state index contributed by atoms with van der Waals surface area (Å²) in [6.45, 7) is 4.17. The molecule has 0 heterocycles. The maximum atomic E-state index is 4.12. The van der Waals surface area contributed by atoms with Crippen LogP contribution >= 0.6 is 35.7 Å². The van der Waals surface area contributed by atoms with Gasteiger partial charge in [-0.3, -0.25) is 4.99 Å². The number of thioether (sulfide) groups is 1. The fourth-order valence-corrected chi connectivity index (χ4v) is 1.18. The van der Waals surface area contributed by atoms with E-state index >= 15 is 0 Å². The van der Waals surface area contributed by atoms with Gasteiger partial charge in [0.15, 0.2) is 5.96 Å². The first-order valence-electron chi connectivity index (χ1n) is 4.78. The van der Waals surface area contributed by atoms with Crippen molar-refractivity contribution in [3.05, 3.63) is 0 Å². The standard InChI is InChI=1S/C9H21N3S.HI/c1-4-5-6-11-9(10-2)12-7-8-13-3;/h4-8H2,1-3H3,(H2,10,11,12);1H. The molecule has 0 aromatic carbocycles. The van der Waals surface area contributed by atoms with Crippen LogP contribution in [0.1, 0.15) is 19.8 Å². The van der Waals surface area contributed by atoms with E-state index in [1.165, 1.54) is 12.8 Å². The number of aliphatic imine (C=N–C) groups is 1. The molecule has 0 aliphatic heterocycles. The van der Waals surface area contributed by atoms with Crippen molar-refractivity contribution in [2.24, 2.45) is 4.99 Å². The maximum absolute atomic E-state index is 4.12. The van der Waals surface area contributed by atoms with E-state index in [-0.39, 0.29) is 24.0 Å². The van der Waals surface area contributed by atoms with E-state index in [4.69, 9.17) is 0 Å². The molecular formula is C9H22IN3S. The Kier molecular flexibility index (Phi) is 16.0. The van der Waals surface area contributed by atoms with E-state index in [9.17, 15) is 0 Å². The summed E-state index contributed by atoms with van der Waals surface area (Å²) in [7, 11) is 1.81. The molecule has 0 aromatic rings. The number of unbranched alkanes of at least 4 members (excludes halogenated alkanes) is 1. The van der Waals surface area contributed by atoms with Crippen molar-refractivity contribution in [3.8, 4) is 0 Å². The first kappa shape index (κ1) is 16.8. The molecule has 0 atom stereocenters. The number of hydrogen-bond acceptors (Lipinski definition) is 2. The second-order valence-corrected chi connectivity index (χ2v) is 3.76. The van der Waals surface area contributed by atoms with Crippen LogP contribution in [0.15, 0.2) is 4.99 Å². The molecule has 5 heteroatoms. The molecule has 0 amide bonds. The third-order valence-electron chi connectivity index (χ3n) is 1.65. The minimum absolute atomic E-state index is 0. The van der Waals surface area contributed by atoms with Crippen molar-refractivity contribution in [2.75, 3.05) is 32.1 Å². The Balaban J connectivity index is 0. The fraction of sp³-hybridized carbons (Fsp3) is 0.889. The Morgan fingerprint density at radius 1 is 1.29 bits per heavy atom. The van der Waals surface area contributed by atoms with Gasteiger partial charge in [0.05, 0.1) is 0 Å². The van der Waals surface area contributed by atoms with Crippen molar-refractivity contribution in [3.63, 3.8) is 0 Å². The van der Waals surface area contributed by atoms with Crippen LogP contribution in [0, 0.1) is 0 Å². The zero-order valence-electron chi connectivity index (χ0n) is 9.30. The Morgan fingerprint density at radius 3 is 2.43 bits per heavy atom. The van der Waals surface area contributed by atoms with Gasteiger partial charge in [0, 0.05) is 25.9 Å². The summed E-state index contributed by atoms with van der Waals surface area (Å²) in [6.07, 6.45) is 4.52. The van der Waals surface area contributed by atoms with Crippen LogP contribution in [0.3, 0.4) is 0 Å². The summed E-state index contributed by atoms with van der Waals surface area (Å²) in [4.78, 5) is 4.12. The van der Waals surface area contributed by atoms with Crippen molar-refractivity contribution in [2.45, 2.75) is 19.8 Å².